The summed E-state index contributed by atoms with van der Waals surface area (Å²) in [4.78, 5) is 1.12. The summed E-state index contributed by atoms with van der Waals surface area (Å²) in [6, 6.07) is 16.3. The lowest BCUT2D eigenvalue weighted by Gasteiger charge is -2.27. The maximum atomic E-state index is 12.9. The summed E-state index contributed by atoms with van der Waals surface area (Å²) in [5, 5.41) is 2.97. The zero-order chi connectivity index (χ0) is 16.9. The number of rotatable bonds is 4. The Labute approximate surface area is 138 Å². The van der Waals surface area contributed by atoms with Crippen molar-refractivity contribution in [3.05, 3.63) is 65.7 Å². The molecule has 0 saturated heterocycles. The van der Waals surface area contributed by atoms with Crippen molar-refractivity contribution in [2.24, 2.45) is 0 Å². The quantitative estimate of drug-likeness (QED) is 0.810. The first-order valence-corrected chi connectivity index (χ1v) is 7.48. The molecule has 0 fully saturated rings. The number of nitrogens with zero attached hydrogens (tertiary/aromatic N) is 1. The molecule has 1 N–H and O–H groups in total. The average molecular weight is 338 g/mol. The largest absolute Gasteiger partial charge is 0.406 e. The van der Waals surface area contributed by atoms with E-state index in [9.17, 15) is 13.2 Å². The van der Waals surface area contributed by atoms with E-state index in [1.54, 1.807) is 30.3 Å². The second kappa shape index (κ2) is 7.46. The van der Waals surface area contributed by atoms with Crippen LogP contribution in [0.1, 0.15) is 11.1 Å². The highest BCUT2D eigenvalue weighted by molar-refractivity contribution is 7.80. The third-order valence-corrected chi connectivity index (χ3v) is 3.62. The number of thiocarbonyl (C=S) groups is 1. The van der Waals surface area contributed by atoms with Gasteiger partial charge in [-0.1, -0.05) is 48.5 Å². The van der Waals surface area contributed by atoms with E-state index in [1.165, 1.54) is 0 Å². The number of para-hydroxylation sites is 1. The number of hydrogen-bond acceptors (Lipinski definition) is 1. The SMILES string of the molecule is Cc1ccccc1NC(=S)N(Cc1ccccc1)CC(F)(F)F. The number of aryl methyl sites for hydroxylation is 1. The third-order valence-electron chi connectivity index (χ3n) is 3.26. The molecule has 0 aromatic heterocycles. The van der Waals surface area contributed by atoms with Crippen molar-refractivity contribution in [1.82, 2.24) is 4.90 Å². The van der Waals surface area contributed by atoms with Crippen LogP contribution in [0.5, 0.6) is 0 Å². The fraction of sp³-hybridized carbons (Fsp3) is 0.235. The van der Waals surface area contributed by atoms with Crippen molar-refractivity contribution in [3.8, 4) is 0 Å². The minimum absolute atomic E-state index is 0.0560. The zero-order valence-corrected chi connectivity index (χ0v) is 13.4. The molecule has 122 valence electrons. The molecular formula is C17H17F3N2S. The van der Waals surface area contributed by atoms with Crippen molar-refractivity contribution in [2.45, 2.75) is 19.6 Å². The Hall–Kier alpha value is -2.08. The van der Waals surface area contributed by atoms with Gasteiger partial charge in [0.2, 0.25) is 0 Å². The Morgan fingerprint density at radius 1 is 1.04 bits per heavy atom. The van der Waals surface area contributed by atoms with E-state index >= 15 is 0 Å². The number of alkyl halides is 3. The molecule has 0 aliphatic rings. The molecular weight excluding hydrogens is 321 g/mol. The molecule has 0 atom stereocenters. The van der Waals surface area contributed by atoms with E-state index in [4.69, 9.17) is 12.2 Å². The predicted octanol–water partition coefficient (Wildman–Crippen LogP) is 4.76. The monoisotopic (exact) mass is 338 g/mol. The molecule has 0 spiro atoms. The Balaban J connectivity index is 2.15. The van der Waals surface area contributed by atoms with Gasteiger partial charge >= 0.3 is 6.18 Å². The molecule has 2 rings (SSSR count). The molecule has 2 nitrogen and oxygen atoms in total. The summed E-state index contributed by atoms with van der Waals surface area (Å²) in [6.45, 7) is 0.869. The first kappa shape index (κ1) is 17.3. The fourth-order valence-corrected chi connectivity index (χ4v) is 2.37. The van der Waals surface area contributed by atoms with E-state index in [1.807, 2.05) is 31.2 Å². The summed E-state index contributed by atoms with van der Waals surface area (Å²) in [7, 11) is 0. The van der Waals surface area contributed by atoms with E-state index < -0.39 is 12.7 Å². The molecule has 0 heterocycles. The number of halogens is 3. The van der Waals surface area contributed by atoms with E-state index in [0.717, 1.165) is 16.0 Å². The third kappa shape index (κ3) is 5.56. The molecule has 0 radical (unpaired) electrons. The highest BCUT2D eigenvalue weighted by Gasteiger charge is 2.32. The van der Waals surface area contributed by atoms with Crippen LogP contribution < -0.4 is 5.32 Å². The standard InChI is InChI=1S/C17H17F3N2S/c1-13-7-5-6-10-15(13)21-16(23)22(12-17(18,19)20)11-14-8-3-2-4-9-14/h2-10H,11-12H2,1H3,(H,21,23). The lowest BCUT2D eigenvalue weighted by Crippen LogP contribution is -2.40. The van der Waals surface area contributed by atoms with Gasteiger partial charge in [0.25, 0.3) is 0 Å². The highest BCUT2D eigenvalue weighted by Crippen LogP contribution is 2.20. The molecule has 6 heteroatoms. The van der Waals surface area contributed by atoms with Gasteiger partial charge in [0.1, 0.15) is 6.54 Å². The van der Waals surface area contributed by atoms with Crippen molar-refractivity contribution in [3.63, 3.8) is 0 Å². The number of anilines is 1. The van der Waals surface area contributed by atoms with Gasteiger partial charge in [-0.05, 0) is 36.3 Å². The molecule has 23 heavy (non-hydrogen) atoms. The van der Waals surface area contributed by atoms with Gasteiger partial charge in [-0.25, -0.2) is 0 Å². The van der Waals surface area contributed by atoms with Crippen LogP contribution in [0.4, 0.5) is 18.9 Å². The van der Waals surface area contributed by atoms with E-state index in [0.29, 0.717) is 5.69 Å². The van der Waals surface area contributed by atoms with Crippen molar-refractivity contribution in [2.75, 3.05) is 11.9 Å². The van der Waals surface area contributed by atoms with Gasteiger partial charge in [-0.2, -0.15) is 13.2 Å². The van der Waals surface area contributed by atoms with E-state index in [2.05, 4.69) is 5.32 Å². The highest BCUT2D eigenvalue weighted by atomic mass is 32.1. The van der Waals surface area contributed by atoms with Crippen molar-refractivity contribution in [1.29, 1.82) is 0 Å². The second-order valence-electron chi connectivity index (χ2n) is 5.20. The Bertz CT molecular complexity index is 656. The maximum Gasteiger partial charge on any atom is 0.406 e. The van der Waals surface area contributed by atoms with Gasteiger partial charge in [-0.15, -0.1) is 0 Å². The fourth-order valence-electron chi connectivity index (χ4n) is 2.13. The first-order chi connectivity index (χ1) is 10.8. The van der Waals surface area contributed by atoms with Crippen LogP contribution in [0, 0.1) is 6.92 Å². The number of benzene rings is 2. The average Bonchev–Trinajstić information content (AvgIpc) is 2.48. The van der Waals surface area contributed by atoms with Crippen LogP contribution >= 0.6 is 12.2 Å². The second-order valence-corrected chi connectivity index (χ2v) is 5.59. The Kier molecular flexibility index (Phi) is 5.60. The molecule has 2 aromatic rings. The zero-order valence-electron chi connectivity index (χ0n) is 12.6. The predicted molar refractivity (Wildman–Crippen MR) is 90.3 cm³/mol. The minimum Gasteiger partial charge on any atom is -0.336 e. The smallest absolute Gasteiger partial charge is 0.336 e. The van der Waals surface area contributed by atoms with Gasteiger partial charge in [-0.3, -0.25) is 0 Å². The lowest BCUT2D eigenvalue weighted by molar-refractivity contribution is -0.138. The summed E-state index contributed by atoms with van der Waals surface area (Å²) in [6.07, 6.45) is -4.33. The molecule has 0 aliphatic carbocycles. The van der Waals surface area contributed by atoms with E-state index in [-0.39, 0.29) is 11.7 Å². The van der Waals surface area contributed by atoms with Gasteiger partial charge in [0, 0.05) is 12.2 Å². The van der Waals surface area contributed by atoms with Crippen LogP contribution in [-0.4, -0.2) is 22.7 Å². The summed E-state index contributed by atoms with van der Waals surface area (Å²) >= 11 is 5.20. The summed E-state index contributed by atoms with van der Waals surface area (Å²) < 4.78 is 38.6. The van der Waals surface area contributed by atoms with Crippen LogP contribution in [0.3, 0.4) is 0 Å². The van der Waals surface area contributed by atoms with Gasteiger partial charge in [0.15, 0.2) is 5.11 Å². The number of hydrogen-bond donors (Lipinski definition) is 1. The van der Waals surface area contributed by atoms with Crippen LogP contribution in [0.25, 0.3) is 0 Å². The van der Waals surface area contributed by atoms with Crippen LogP contribution in [0.2, 0.25) is 0 Å². The molecule has 2 aromatic carbocycles. The summed E-state index contributed by atoms with van der Waals surface area (Å²) in [5.74, 6) is 0. The lowest BCUT2D eigenvalue weighted by atomic mass is 10.2. The minimum atomic E-state index is -4.33. The van der Waals surface area contributed by atoms with Crippen LogP contribution in [-0.2, 0) is 6.54 Å². The topological polar surface area (TPSA) is 15.3 Å². The first-order valence-electron chi connectivity index (χ1n) is 7.07. The van der Waals surface area contributed by atoms with Gasteiger partial charge in [0.05, 0.1) is 0 Å². The summed E-state index contributed by atoms with van der Waals surface area (Å²) in [5.41, 5.74) is 2.39. The molecule has 0 saturated carbocycles. The maximum absolute atomic E-state index is 12.9. The van der Waals surface area contributed by atoms with Crippen LogP contribution in [0.15, 0.2) is 54.6 Å². The van der Waals surface area contributed by atoms with Crippen molar-refractivity contribution >= 4 is 23.0 Å². The molecule has 0 bridgehead atoms. The molecule has 0 unspecified atom stereocenters. The normalized spacial score (nSPS) is 11.1. The Morgan fingerprint density at radius 3 is 2.26 bits per heavy atom. The number of nitrogens with one attached hydrogen (secondary N) is 1. The molecule has 0 amide bonds. The Morgan fingerprint density at radius 2 is 1.65 bits per heavy atom. The van der Waals surface area contributed by atoms with Gasteiger partial charge < -0.3 is 10.2 Å². The molecule has 0 aliphatic heterocycles. The van der Waals surface area contributed by atoms with Crippen molar-refractivity contribution < 1.29 is 13.2 Å².